The molecule has 0 N–H and O–H groups in total. The molecule has 0 bridgehead atoms. The minimum absolute atomic E-state index is 0.0631. The van der Waals surface area contributed by atoms with Crippen molar-refractivity contribution in [3.05, 3.63) is 29.8 Å². The van der Waals surface area contributed by atoms with E-state index in [0.717, 1.165) is 10.5 Å². The lowest BCUT2D eigenvalue weighted by molar-refractivity contribution is -0.130. The molecule has 1 aromatic carbocycles. The zero-order valence-electron chi connectivity index (χ0n) is 11.3. The SMILES string of the molecule is CSc1ccccc1C(=O)N1CCN(C(C)=O)CC1. The van der Waals surface area contributed by atoms with Gasteiger partial charge in [0.1, 0.15) is 0 Å². The Labute approximate surface area is 117 Å². The number of nitrogens with zero attached hydrogens (tertiary/aromatic N) is 2. The Kier molecular flexibility index (Phi) is 4.47. The summed E-state index contributed by atoms with van der Waals surface area (Å²) in [6.45, 7) is 4.05. The molecule has 19 heavy (non-hydrogen) atoms. The first-order valence-electron chi connectivity index (χ1n) is 6.31. The highest BCUT2D eigenvalue weighted by Crippen LogP contribution is 2.21. The van der Waals surface area contributed by atoms with Crippen LogP contribution in [0.25, 0.3) is 0 Å². The molecule has 0 saturated carbocycles. The van der Waals surface area contributed by atoms with Crippen LogP contribution < -0.4 is 0 Å². The van der Waals surface area contributed by atoms with Crippen LogP contribution in [0.1, 0.15) is 17.3 Å². The van der Waals surface area contributed by atoms with Gasteiger partial charge in [0.2, 0.25) is 5.91 Å². The molecule has 2 amide bonds. The topological polar surface area (TPSA) is 40.6 Å². The zero-order valence-corrected chi connectivity index (χ0v) is 12.1. The van der Waals surface area contributed by atoms with Gasteiger partial charge in [-0.2, -0.15) is 0 Å². The van der Waals surface area contributed by atoms with E-state index in [2.05, 4.69) is 0 Å². The maximum absolute atomic E-state index is 12.5. The molecule has 0 unspecified atom stereocenters. The summed E-state index contributed by atoms with van der Waals surface area (Å²) < 4.78 is 0. The minimum Gasteiger partial charge on any atom is -0.339 e. The normalized spacial score (nSPS) is 15.5. The van der Waals surface area contributed by atoms with Crippen LogP contribution in [0.5, 0.6) is 0 Å². The summed E-state index contributed by atoms with van der Waals surface area (Å²) in [5.74, 6) is 0.143. The van der Waals surface area contributed by atoms with Crippen molar-refractivity contribution < 1.29 is 9.59 Å². The van der Waals surface area contributed by atoms with E-state index in [1.807, 2.05) is 35.4 Å². The van der Waals surface area contributed by atoms with Crippen LogP contribution in [-0.4, -0.2) is 54.0 Å². The number of rotatable bonds is 2. The molecule has 1 aliphatic rings. The lowest BCUT2D eigenvalue weighted by Crippen LogP contribution is -2.50. The first kappa shape index (κ1) is 13.9. The van der Waals surface area contributed by atoms with E-state index in [-0.39, 0.29) is 11.8 Å². The molecule has 1 aliphatic heterocycles. The summed E-state index contributed by atoms with van der Waals surface area (Å²) in [7, 11) is 0. The van der Waals surface area contributed by atoms with Gasteiger partial charge < -0.3 is 9.80 Å². The summed E-state index contributed by atoms with van der Waals surface area (Å²) in [5, 5.41) is 0. The smallest absolute Gasteiger partial charge is 0.255 e. The lowest BCUT2D eigenvalue weighted by atomic mass is 10.2. The Morgan fingerprint density at radius 3 is 2.21 bits per heavy atom. The molecule has 0 atom stereocenters. The molecule has 1 aromatic rings. The fourth-order valence-corrected chi connectivity index (χ4v) is 2.81. The number of benzene rings is 1. The van der Waals surface area contributed by atoms with Crippen molar-refractivity contribution in [3.8, 4) is 0 Å². The maximum atomic E-state index is 12.5. The van der Waals surface area contributed by atoms with Gasteiger partial charge in [-0.05, 0) is 18.4 Å². The van der Waals surface area contributed by atoms with E-state index in [4.69, 9.17) is 0 Å². The van der Waals surface area contributed by atoms with Gasteiger partial charge in [-0.15, -0.1) is 11.8 Å². The van der Waals surface area contributed by atoms with Crippen LogP contribution in [0.15, 0.2) is 29.2 Å². The first-order valence-corrected chi connectivity index (χ1v) is 7.53. The van der Waals surface area contributed by atoms with Crippen molar-refractivity contribution in [1.29, 1.82) is 0 Å². The number of amides is 2. The summed E-state index contributed by atoms with van der Waals surface area (Å²) in [6, 6.07) is 7.66. The average Bonchev–Trinajstić information content (AvgIpc) is 2.46. The Morgan fingerprint density at radius 2 is 1.63 bits per heavy atom. The predicted octanol–water partition coefficient (Wildman–Crippen LogP) is 1.71. The largest absolute Gasteiger partial charge is 0.339 e. The molecule has 0 radical (unpaired) electrons. The van der Waals surface area contributed by atoms with Gasteiger partial charge >= 0.3 is 0 Å². The van der Waals surface area contributed by atoms with Crippen LogP contribution in [0.4, 0.5) is 0 Å². The second-order valence-electron chi connectivity index (χ2n) is 4.50. The number of thioether (sulfide) groups is 1. The Morgan fingerprint density at radius 1 is 1.05 bits per heavy atom. The highest BCUT2D eigenvalue weighted by Gasteiger charge is 2.24. The van der Waals surface area contributed by atoms with Crippen molar-refractivity contribution in [3.63, 3.8) is 0 Å². The summed E-state index contributed by atoms with van der Waals surface area (Å²) in [4.78, 5) is 28.3. The van der Waals surface area contributed by atoms with Gasteiger partial charge in [0, 0.05) is 38.0 Å². The van der Waals surface area contributed by atoms with Crippen molar-refractivity contribution in [2.24, 2.45) is 0 Å². The first-order chi connectivity index (χ1) is 9.13. The fraction of sp³-hybridized carbons (Fsp3) is 0.429. The van der Waals surface area contributed by atoms with E-state index >= 15 is 0 Å². The van der Waals surface area contributed by atoms with E-state index in [1.54, 1.807) is 23.6 Å². The van der Waals surface area contributed by atoms with E-state index in [1.165, 1.54) is 0 Å². The third kappa shape index (κ3) is 3.10. The molecule has 2 rings (SSSR count). The molecule has 1 saturated heterocycles. The lowest BCUT2D eigenvalue weighted by Gasteiger charge is -2.34. The maximum Gasteiger partial charge on any atom is 0.255 e. The quantitative estimate of drug-likeness (QED) is 0.773. The average molecular weight is 278 g/mol. The van der Waals surface area contributed by atoms with Gasteiger partial charge in [-0.25, -0.2) is 0 Å². The summed E-state index contributed by atoms with van der Waals surface area (Å²) in [5.41, 5.74) is 0.756. The molecule has 0 aliphatic carbocycles. The van der Waals surface area contributed by atoms with Crippen LogP contribution in [-0.2, 0) is 4.79 Å². The molecule has 4 nitrogen and oxygen atoms in total. The Hall–Kier alpha value is -1.49. The summed E-state index contributed by atoms with van der Waals surface area (Å²) in [6.07, 6.45) is 1.97. The highest BCUT2D eigenvalue weighted by molar-refractivity contribution is 7.98. The van der Waals surface area contributed by atoms with Crippen LogP contribution in [0, 0.1) is 0 Å². The second-order valence-corrected chi connectivity index (χ2v) is 5.35. The molecular weight excluding hydrogens is 260 g/mol. The Bertz CT molecular complexity index is 482. The minimum atomic E-state index is 0.0631. The molecule has 1 fully saturated rings. The van der Waals surface area contributed by atoms with Crippen LogP contribution in [0.2, 0.25) is 0 Å². The Balaban J connectivity index is 2.07. The monoisotopic (exact) mass is 278 g/mol. The van der Waals surface area contributed by atoms with Gasteiger partial charge in [0.25, 0.3) is 5.91 Å². The molecule has 0 spiro atoms. The van der Waals surface area contributed by atoms with Gasteiger partial charge in [0.15, 0.2) is 0 Å². The number of hydrogen-bond donors (Lipinski definition) is 0. The van der Waals surface area contributed by atoms with Crippen molar-refractivity contribution in [2.45, 2.75) is 11.8 Å². The van der Waals surface area contributed by atoms with Gasteiger partial charge in [-0.1, -0.05) is 12.1 Å². The molecular formula is C14H18N2O2S. The van der Waals surface area contributed by atoms with Crippen molar-refractivity contribution in [1.82, 2.24) is 9.80 Å². The molecule has 1 heterocycles. The van der Waals surface area contributed by atoms with Crippen LogP contribution in [0.3, 0.4) is 0 Å². The molecule has 0 aromatic heterocycles. The van der Waals surface area contributed by atoms with E-state index < -0.39 is 0 Å². The number of carbonyl (C=O) groups excluding carboxylic acids is 2. The highest BCUT2D eigenvalue weighted by atomic mass is 32.2. The molecule has 5 heteroatoms. The standard InChI is InChI=1S/C14H18N2O2S/c1-11(17)15-7-9-16(10-8-15)14(18)12-5-3-4-6-13(12)19-2/h3-6H,7-10H2,1-2H3. The fourth-order valence-electron chi connectivity index (χ4n) is 2.22. The van der Waals surface area contributed by atoms with Gasteiger partial charge in [0.05, 0.1) is 5.56 Å². The molecule has 102 valence electrons. The van der Waals surface area contributed by atoms with E-state index in [0.29, 0.717) is 26.2 Å². The van der Waals surface area contributed by atoms with Crippen molar-refractivity contribution in [2.75, 3.05) is 32.4 Å². The predicted molar refractivity (Wildman–Crippen MR) is 76.4 cm³/mol. The van der Waals surface area contributed by atoms with E-state index in [9.17, 15) is 9.59 Å². The number of hydrogen-bond acceptors (Lipinski definition) is 3. The van der Waals surface area contributed by atoms with Gasteiger partial charge in [-0.3, -0.25) is 9.59 Å². The van der Waals surface area contributed by atoms with Crippen LogP contribution >= 0.6 is 11.8 Å². The zero-order chi connectivity index (χ0) is 13.8. The number of carbonyl (C=O) groups is 2. The third-order valence-corrected chi connectivity index (χ3v) is 4.15. The third-order valence-electron chi connectivity index (χ3n) is 3.35. The number of piperazine rings is 1. The second kappa shape index (κ2) is 6.10. The van der Waals surface area contributed by atoms with Crippen molar-refractivity contribution >= 4 is 23.6 Å². The summed E-state index contributed by atoms with van der Waals surface area (Å²) >= 11 is 1.58.